The van der Waals surface area contributed by atoms with Crippen molar-refractivity contribution in [3.63, 3.8) is 0 Å². The molecular formula is C21H33IN4O2S. The predicted octanol–water partition coefficient (Wildman–Crippen LogP) is 3.91. The lowest BCUT2D eigenvalue weighted by molar-refractivity contribution is 0.295. The molecule has 1 aromatic carbocycles. The van der Waals surface area contributed by atoms with Gasteiger partial charge in [-0.05, 0) is 50.3 Å². The van der Waals surface area contributed by atoms with E-state index in [1.165, 1.54) is 9.75 Å². The third-order valence-electron chi connectivity index (χ3n) is 4.60. The number of guanidine groups is 1. The number of aryl methyl sites for hydroxylation is 1. The molecule has 29 heavy (non-hydrogen) atoms. The van der Waals surface area contributed by atoms with Gasteiger partial charge in [0.05, 0.1) is 26.8 Å². The number of thiophene rings is 1. The first kappa shape index (κ1) is 25.5. The summed E-state index contributed by atoms with van der Waals surface area (Å²) in [5, 5.41) is 6.83. The Hall–Kier alpha value is -1.52. The molecule has 1 aromatic heterocycles. The summed E-state index contributed by atoms with van der Waals surface area (Å²) in [7, 11) is 9.23. The summed E-state index contributed by atoms with van der Waals surface area (Å²) in [6.07, 6.45) is 1.08. The first-order valence-electron chi connectivity index (χ1n) is 9.42. The Bertz CT molecular complexity index is 780. The van der Waals surface area contributed by atoms with E-state index in [1.54, 1.807) is 21.3 Å². The molecule has 2 aromatic rings. The summed E-state index contributed by atoms with van der Waals surface area (Å²) < 4.78 is 10.8. The van der Waals surface area contributed by atoms with Gasteiger partial charge in [0.1, 0.15) is 0 Å². The molecule has 0 bridgehead atoms. The molecular weight excluding hydrogens is 499 g/mol. The van der Waals surface area contributed by atoms with Crippen LogP contribution in [0.25, 0.3) is 0 Å². The highest BCUT2D eigenvalue weighted by Gasteiger charge is 2.17. The standard InChI is InChI=1S/C21H32N4O2S.HI/c1-7-16-9-10-17(28-16)13-23-21(22-2)24-14-18(25(3)4)15-8-11-19(26-5)20(12-15)27-6;/h8-12,18H,7,13-14H2,1-6H3,(H2,22,23,24);1H. The lowest BCUT2D eigenvalue weighted by Crippen LogP contribution is -2.41. The highest BCUT2D eigenvalue weighted by molar-refractivity contribution is 14.0. The number of likely N-dealkylation sites (N-methyl/N-ethyl adjacent to an activating group) is 1. The van der Waals surface area contributed by atoms with Crippen LogP contribution in [0.1, 0.15) is 28.3 Å². The van der Waals surface area contributed by atoms with Crippen molar-refractivity contribution in [3.05, 3.63) is 45.6 Å². The van der Waals surface area contributed by atoms with Crippen molar-refractivity contribution < 1.29 is 9.47 Å². The monoisotopic (exact) mass is 532 g/mol. The SMILES string of the molecule is CCc1ccc(CNC(=NC)NCC(c2ccc(OC)c(OC)c2)N(C)C)s1.I. The third kappa shape index (κ3) is 7.35. The maximum absolute atomic E-state index is 5.45. The predicted molar refractivity (Wildman–Crippen MR) is 133 cm³/mol. The zero-order valence-corrected chi connectivity index (χ0v) is 21.3. The summed E-state index contributed by atoms with van der Waals surface area (Å²) in [6.45, 7) is 3.67. The van der Waals surface area contributed by atoms with E-state index in [0.29, 0.717) is 6.54 Å². The van der Waals surface area contributed by atoms with E-state index in [9.17, 15) is 0 Å². The van der Waals surface area contributed by atoms with Crippen molar-refractivity contribution >= 4 is 41.3 Å². The van der Waals surface area contributed by atoms with Gasteiger partial charge in [-0.2, -0.15) is 0 Å². The van der Waals surface area contributed by atoms with Gasteiger partial charge >= 0.3 is 0 Å². The lowest BCUT2D eigenvalue weighted by Gasteiger charge is -2.26. The zero-order chi connectivity index (χ0) is 20.5. The molecule has 0 aliphatic rings. The molecule has 6 nitrogen and oxygen atoms in total. The Morgan fingerprint density at radius 1 is 1.07 bits per heavy atom. The van der Waals surface area contributed by atoms with E-state index >= 15 is 0 Å². The first-order valence-corrected chi connectivity index (χ1v) is 10.2. The number of halogens is 1. The van der Waals surface area contributed by atoms with Crippen molar-refractivity contribution in [3.8, 4) is 11.5 Å². The Kier molecular flexibility index (Phi) is 11.4. The Labute approximate surface area is 195 Å². The molecule has 162 valence electrons. The van der Waals surface area contributed by atoms with Crippen LogP contribution in [0.15, 0.2) is 35.3 Å². The molecule has 0 saturated carbocycles. The molecule has 0 fully saturated rings. The summed E-state index contributed by atoms with van der Waals surface area (Å²) >= 11 is 1.84. The minimum atomic E-state index is 0. The number of nitrogens with one attached hydrogen (secondary N) is 2. The van der Waals surface area contributed by atoms with Crippen LogP contribution >= 0.6 is 35.3 Å². The van der Waals surface area contributed by atoms with Gasteiger partial charge in [-0.3, -0.25) is 4.99 Å². The molecule has 2 N–H and O–H groups in total. The fourth-order valence-corrected chi connectivity index (χ4v) is 3.85. The van der Waals surface area contributed by atoms with E-state index < -0.39 is 0 Å². The molecule has 0 saturated heterocycles. The number of aliphatic imine (C=N–C) groups is 1. The van der Waals surface area contributed by atoms with Gasteiger partial charge in [0.25, 0.3) is 0 Å². The number of ether oxygens (including phenoxy) is 2. The normalized spacial score (nSPS) is 12.3. The fourth-order valence-electron chi connectivity index (χ4n) is 2.95. The average molecular weight is 532 g/mol. The minimum absolute atomic E-state index is 0. The van der Waals surface area contributed by atoms with Gasteiger partial charge in [0.15, 0.2) is 17.5 Å². The number of hydrogen-bond donors (Lipinski definition) is 2. The lowest BCUT2D eigenvalue weighted by atomic mass is 10.1. The second-order valence-corrected chi connectivity index (χ2v) is 7.87. The Morgan fingerprint density at radius 3 is 2.31 bits per heavy atom. The molecule has 0 aliphatic carbocycles. The van der Waals surface area contributed by atoms with Crippen molar-refractivity contribution in [2.75, 3.05) is 41.9 Å². The van der Waals surface area contributed by atoms with Gasteiger partial charge in [0.2, 0.25) is 0 Å². The van der Waals surface area contributed by atoms with Crippen LogP contribution in [-0.2, 0) is 13.0 Å². The molecule has 1 unspecified atom stereocenters. The number of nitrogens with zero attached hydrogens (tertiary/aromatic N) is 2. The summed E-state index contributed by atoms with van der Waals surface area (Å²) in [5.41, 5.74) is 1.15. The topological polar surface area (TPSA) is 58.1 Å². The third-order valence-corrected chi connectivity index (χ3v) is 5.83. The molecule has 1 heterocycles. The molecule has 1 atom stereocenters. The molecule has 2 rings (SSSR count). The minimum Gasteiger partial charge on any atom is -0.493 e. The van der Waals surface area contributed by atoms with Crippen molar-refractivity contribution in [1.82, 2.24) is 15.5 Å². The number of hydrogen-bond acceptors (Lipinski definition) is 5. The van der Waals surface area contributed by atoms with Crippen LogP contribution in [0.3, 0.4) is 0 Å². The number of rotatable bonds is 9. The van der Waals surface area contributed by atoms with E-state index in [-0.39, 0.29) is 30.0 Å². The smallest absolute Gasteiger partial charge is 0.191 e. The number of methoxy groups -OCH3 is 2. The van der Waals surface area contributed by atoms with Crippen molar-refractivity contribution in [1.29, 1.82) is 0 Å². The van der Waals surface area contributed by atoms with E-state index in [0.717, 1.165) is 36.0 Å². The van der Waals surface area contributed by atoms with Crippen LogP contribution in [-0.4, -0.2) is 52.8 Å². The molecule has 0 spiro atoms. The van der Waals surface area contributed by atoms with Gasteiger partial charge < -0.3 is 25.0 Å². The van der Waals surface area contributed by atoms with Crippen molar-refractivity contribution in [2.45, 2.75) is 25.9 Å². The zero-order valence-electron chi connectivity index (χ0n) is 18.1. The van der Waals surface area contributed by atoms with E-state index in [1.807, 2.05) is 23.5 Å². The van der Waals surface area contributed by atoms with E-state index in [4.69, 9.17) is 9.47 Å². The molecule has 0 aliphatic heterocycles. The highest BCUT2D eigenvalue weighted by atomic mass is 127. The average Bonchev–Trinajstić information content (AvgIpc) is 3.18. The number of benzene rings is 1. The van der Waals surface area contributed by atoms with Gasteiger partial charge in [0, 0.05) is 23.3 Å². The second kappa shape index (κ2) is 12.9. The second-order valence-electron chi connectivity index (χ2n) is 6.62. The van der Waals surface area contributed by atoms with Crippen LogP contribution in [0.4, 0.5) is 0 Å². The van der Waals surface area contributed by atoms with E-state index in [2.05, 4.69) is 59.7 Å². The quantitative estimate of drug-likeness (QED) is 0.292. The van der Waals surface area contributed by atoms with Crippen LogP contribution in [0.2, 0.25) is 0 Å². The molecule has 8 heteroatoms. The van der Waals surface area contributed by atoms with Gasteiger partial charge in [-0.1, -0.05) is 13.0 Å². The van der Waals surface area contributed by atoms with Gasteiger partial charge in [-0.15, -0.1) is 35.3 Å². The first-order chi connectivity index (χ1) is 13.5. The summed E-state index contributed by atoms with van der Waals surface area (Å²) in [5.74, 6) is 2.26. The van der Waals surface area contributed by atoms with Gasteiger partial charge in [-0.25, -0.2) is 0 Å². The molecule has 0 amide bonds. The summed E-state index contributed by atoms with van der Waals surface area (Å²) in [6, 6.07) is 10.6. The van der Waals surface area contributed by atoms with Crippen LogP contribution in [0, 0.1) is 0 Å². The largest absolute Gasteiger partial charge is 0.493 e. The van der Waals surface area contributed by atoms with Crippen LogP contribution < -0.4 is 20.1 Å². The summed E-state index contributed by atoms with van der Waals surface area (Å²) in [4.78, 5) is 9.24. The maximum atomic E-state index is 5.45. The van der Waals surface area contributed by atoms with Crippen LogP contribution in [0.5, 0.6) is 11.5 Å². The highest BCUT2D eigenvalue weighted by Crippen LogP contribution is 2.31. The Balaban J connectivity index is 0.00000420. The van der Waals surface area contributed by atoms with Crippen molar-refractivity contribution in [2.24, 2.45) is 4.99 Å². The fraction of sp³-hybridized carbons (Fsp3) is 0.476. The molecule has 0 radical (unpaired) electrons. The Morgan fingerprint density at radius 2 is 1.76 bits per heavy atom. The maximum Gasteiger partial charge on any atom is 0.191 e.